The maximum Gasteiger partial charge on any atom is 0.140 e. The van der Waals surface area contributed by atoms with Crippen molar-refractivity contribution >= 4 is 23.3 Å². The van der Waals surface area contributed by atoms with Gasteiger partial charge in [0.2, 0.25) is 0 Å². The minimum atomic E-state index is 0.530. The lowest BCUT2D eigenvalue weighted by Gasteiger charge is -2.23. The third-order valence-electron chi connectivity index (χ3n) is 11.2. The Bertz CT molecular complexity index is 3670. The highest BCUT2D eigenvalue weighted by molar-refractivity contribution is 5.79. The number of H-pyrrole nitrogens is 4. The minimum Gasteiger partial charge on any atom is -0.493 e. The first-order valence-electron chi connectivity index (χ1n) is 23.5. The van der Waals surface area contributed by atoms with Gasteiger partial charge >= 0.3 is 0 Å². The van der Waals surface area contributed by atoms with Gasteiger partial charge in [0.1, 0.15) is 23.4 Å². The second-order valence-corrected chi connectivity index (χ2v) is 17.9. The summed E-state index contributed by atoms with van der Waals surface area (Å²) >= 11 is 0. The molecule has 0 spiro atoms. The van der Waals surface area contributed by atoms with Crippen LogP contribution in [0.1, 0.15) is 57.0 Å². The Balaban J connectivity index is 0.992. The standard InChI is InChI=1S/C62H55N7O3/c1-8-9-10-11-12-13-14-15-16-17-35-70-54-27-19-46(20-28-54)60-56-31-23-50(63-56)40-52-25-33-58(65-52)61(59-34-26-53(66-59)41-51-24-32-57(60)64-51)47-21-29-55(30-22-47)71-36-18-37-72-62-48(43-68(4)5)38-45(42-67(2)3)39-49(62)44-69(6)7/h1,19-34,38-41,63-66H,18,36-37,42-44H2,2-7H3. The Morgan fingerprint density at radius 2 is 0.944 bits per heavy atom. The Morgan fingerprint density at radius 3 is 1.44 bits per heavy atom. The highest BCUT2D eigenvalue weighted by Gasteiger charge is 2.16. The molecule has 4 N–H and O–H groups in total. The van der Waals surface area contributed by atoms with Crippen molar-refractivity contribution in [3.63, 3.8) is 0 Å². The highest BCUT2D eigenvalue weighted by Crippen LogP contribution is 2.30. The summed E-state index contributed by atoms with van der Waals surface area (Å²) in [7, 11) is 12.6. The summed E-state index contributed by atoms with van der Waals surface area (Å²) in [5.41, 5.74) is 11.6. The van der Waals surface area contributed by atoms with E-state index in [1.807, 2.05) is 36.4 Å². The van der Waals surface area contributed by atoms with E-state index < -0.39 is 0 Å². The fourth-order valence-corrected chi connectivity index (χ4v) is 8.40. The van der Waals surface area contributed by atoms with Crippen molar-refractivity contribution in [3.05, 3.63) is 181 Å². The van der Waals surface area contributed by atoms with Crippen LogP contribution >= 0.6 is 0 Å². The van der Waals surface area contributed by atoms with E-state index in [0.717, 1.165) is 104 Å². The first-order chi connectivity index (χ1) is 35.1. The second kappa shape index (κ2) is 24.0. The number of aromatic nitrogens is 4. The monoisotopic (exact) mass is 945 g/mol. The normalized spacial score (nSPS) is 11.2. The number of aromatic amines is 4. The first-order valence-corrected chi connectivity index (χ1v) is 23.5. The number of nitrogens with one attached hydrogen (secondary N) is 4. The van der Waals surface area contributed by atoms with Crippen LogP contribution in [0.2, 0.25) is 0 Å². The molecule has 7 aromatic rings. The molecule has 1 aliphatic rings. The molecule has 0 aliphatic carbocycles. The van der Waals surface area contributed by atoms with Gasteiger partial charge in [-0.15, -0.1) is 6.42 Å². The lowest BCUT2D eigenvalue weighted by Crippen LogP contribution is -2.18. The van der Waals surface area contributed by atoms with Crippen molar-refractivity contribution in [2.24, 2.45) is 0 Å². The molecule has 0 atom stereocenters. The maximum atomic E-state index is 6.56. The van der Waals surface area contributed by atoms with Gasteiger partial charge in [-0.3, -0.25) is 0 Å². The van der Waals surface area contributed by atoms with Crippen molar-refractivity contribution in [2.75, 3.05) is 55.5 Å². The van der Waals surface area contributed by atoms with Gasteiger partial charge in [0.15, 0.2) is 0 Å². The van der Waals surface area contributed by atoms with Crippen LogP contribution in [0.4, 0.5) is 0 Å². The second-order valence-electron chi connectivity index (χ2n) is 17.9. The average molecular weight is 946 g/mol. The fourth-order valence-electron chi connectivity index (χ4n) is 8.40. The zero-order chi connectivity index (χ0) is 50.2. The van der Waals surface area contributed by atoms with E-state index in [1.165, 1.54) is 16.7 Å². The topological polar surface area (TPSA) is 101 Å². The molecule has 10 heteroatoms. The third-order valence-corrected chi connectivity index (χ3v) is 11.2. The summed E-state index contributed by atoms with van der Waals surface area (Å²) in [4.78, 5) is 21.3. The van der Waals surface area contributed by atoms with Crippen molar-refractivity contribution in [3.8, 4) is 89.0 Å². The largest absolute Gasteiger partial charge is 0.493 e. The number of hydrogen-bond donors (Lipinski definition) is 4. The van der Waals surface area contributed by atoms with E-state index in [1.54, 1.807) is 0 Å². The molecule has 0 radical (unpaired) electrons. The molecule has 0 amide bonds. The van der Waals surface area contributed by atoms with Crippen molar-refractivity contribution in [2.45, 2.75) is 26.1 Å². The number of ether oxygens (including phenoxy) is 3. The number of fused-ring (bicyclic) bond motifs is 8. The zero-order valence-corrected chi connectivity index (χ0v) is 41.4. The fraction of sp³-hybridized carbons (Fsp3) is 0.194. The molecular formula is C62H55N7O3. The number of nitrogens with zero attached hydrogens (tertiary/aromatic N) is 3. The van der Waals surface area contributed by atoms with Crippen LogP contribution in [0.3, 0.4) is 0 Å². The van der Waals surface area contributed by atoms with Crippen molar-refractivity contribution < 1.29 is 14.2 Å². The average Bonchev–Trinajstić information content (AvgIpc) is 4.20. The molecule has 0 fully saturated rings. The summed E-state index contributed by atoms with van der Waals surface area (Å²) in [5, 5.41) is 3.83. The van der Waals surface area contributed by atoms with Crippen molar-refractivity contribution in [1.29, 1.82) is 0 Å². The molecular weight excluding hydrogens is 891 g/mol. The predicted octanol–water partition coefficient (Wildman–Crippen LogP) is 5.48. The molecule has 10 nitrogen and oxygen atoms in total. The summed E-state index contributed by atoms with van der Waals surface area (Å²) in [6.45, 7) is 3.56. The van der Waals surface area contributed by atoms with Crippen LogP contribution < -0.4 is 35.6 Å². The SMILES string of the molecule is C#CC#CC#CC#CC#CC#COc1ccc(C2=c3ccc([nH]3)=Cc3ccc([nH]3)C(c3ccc(OCCCOc4c(CN(C)C)cc(CN(C)C)cc4CN(C)C)cc3)=c3ccc([nH]3)=Cc3ccc2[nH]3)cc1. The molecule has 8 bridgehead atoms. The van der Waals surface area contributed by atoms with Gasteiger partial charge in [0.25, 0.3) is 0 Å². The van der Waals surface area contributed by atoms with E-state index >= 15 is 0 Å². The van der Waals surface area contributed by atoms with Gasteiger partial charge < -0.3 is 48.8 Å². The van der Waals surface area contributed by atoms with E-state index in [2.05, 4.69) is 227 Å². The molecule has 8 rings (SSSR count). The Kier molecular flexibility index (Phi) is 16.4. The minimum absolute atomic E-state index is 0.530. The van der Waals surface area contributed by atoms with Crippen LogP contribution in [0.5, 0.6) is 17.2 Å². The van der Waals surface area contributed by atoms with Gasteiger partial charge in [-0.25, -0.2) is 0 Å². The molecule has 4 aromatic heterocycles. The molecule has 0 saturated carbocycles. The summed E-state index contributed by atoms with van der Waals surface area (Å²) in [6.07, 6.45) is 12.6. The molecule has 3 aromatic carbocycles. The molecule has 72 heavy (non-hydrogen) atoms. The van der Waals surface area contributed by atoms with E-state index in [9.17, 15) is 0 Å². The maximum absolute atomic E-state index is 6.56. The van der Waals surface area contributed by atoms with Crippen LogP contribution in [0.25, 0.3) is 23.3 Å². The molecule has 5 heterocycles. The number of hydrogen-bond acceptors (Lipinski definition) is 6. The smallest absolute Gasteiger partial charge is 0.140 e. The molecule has 1 aliphatic heterocycles. The third kappa shape index (κ3) is 13.4. The molecule has 0 unspecified atom stereocenters. The number of benzene rings is 3. The summed E-state index contributed by atoms with van der Waals surface area (Å²) < 4.78 is 18.5. The lowest BCUT2D eigenvalue weighted by atomic mass is 10.0. The number of rotatable bonds is 15. The van der Waals surface area contributed by atoms with E-state index in [0.29, 0.717) is 19.0 Å². The van der Waals surface area contributed by atoms with Crippen LogP contribution in [0.15, 0.2) is 109 Å². The van der Waals surface area contributed by atoms with Gasteiger partial charge in [-0.2, -0.15) is 0 Å². The van der Waals surface area contributed by atoms with E-state index in [4.69, 9.17) is 20.6 Å². The quantitative estimate of drug-likeness (QED) is 0.0804. The predicted molar refractivity (Wildman–Crippen MR) is 287 cm³/mol. The molecule has 0 saturated heterocycles. The van der Waals surface area contributed by atoms with E-state index in [-0.39, 0.29) is 0 Å². The number of terminal acetylenes is 1. The van der Waals surface area contributed by atoms with Gasteiger partial charge in [0.05, 0.1) is 13.2 Å². The zero-order valence-electron chi connectivity index (χ0n) is 41.4. The van der Waals surface area contributed by atoms with Gasteiger partial charge in [-0.1, -0.05) is 24.3 Å². The first kappa shape index (κ1) is 49.3. The summed E-state index contributed by atoms with van der Waals surface area (Å²) in [5.74, 6) is 27.5. The van der Waals surface area contributed by atoms with Crippen molar-refractivity contribution in [1.82, 2.24) is 34.6 Å². The lowest BCUT2D eigenvalue weighted by molar-refractivity contribution is 0.240. The summed E-state index contributed by atoms with van der Waals surface area (Å²) in [6, 6.07) is 37.5. The Labute approximate surface area is 422 Å². The Hall–Kier alpha value is -9.10. The Morgan fingerprint density at radius 1 is 0.472 bits per heavy atom. The highest BCUT2D eigenvalue weighted by atomic mass is 16.5. The van der Waals surface area contributed by atoms with Crippen LogP contribution in [0, 0.1) is 71.7 Å². The van der Waals surface area contributed by atoms with Crippen LogP contribution in [-0.4, -0.2) is 90.1 Å². The molecule has 356 valence electrons. The van der Waals surface area contributed by atoms with Gasteiger partial charge in [0, 0.05) is 122 Å². The van der Waals surface area contributed by atoms with Gasteiger partial charge in [-0.05, 0) is 186 Å². The van der Waals surface area contributed by atoms with Crippen LogP contribution in [-0.2, 0) is 19.6 Å².